The van der Waals surface area contributed by atoms with E-state index in [-0.39, 0.29) is 11.0 Å². The van der Waals surface area contributed by atoms with Gasteiger partial charge in [-0.2, -0.15) is 0 Å². The molecule has 0 spiro atoms. The van der Waals surface area contributed by atoms with E-state index < -0.39 is 15.9 Å². The van der Waals surface area contributed by atoms with Crippen LogP contribution in [0.5, 0.6) is 0 Å². The quantitative estimate of drug-likeness (QED) is 0.308. The molecule has 0 saturated carbocycles. The number of anilines is 2. The summed E-state index contributed by atoms with van der Waals surface area (Å²) in [5.74, 6) is -0.627. The summed E-state index contributed by atoms with van der Waals surface area (Å²) in [4.78, 5) is 23.5. The largest absolute Gasteiger partial charge is 0.339 e. The molecule has 0 radical (unpaired) electrons. The van der Waals surface area contributed by atoms with E-state index >= 15 is 0 Å². The summed E-state index contributed by atoms with van der Waals surface area (Å²) in [7, 11) is 0. The smallest absolute Gasteiger partial charge is 0.252 e. The van der Waals surface area contributed by atoms with E-state index in [1.807, 2.05) is 0 Å². The fourth-order valence-corrected chi connectivity index (χ4v) is 2.74. The standard InChI is InChI=1S/C18H17Cl3N4O2S/c1-11(26)22-13-8-5-9-14(10-13)23-17(28)25-16(18(19,20)21)24-15(27)12-6-3-2-4-7-12/h2-10,16H,1H3,(H,22,26)(H,24,27)(H2,23,25,28). The van der Waals surface area contributed by atoms with Crippen LogP contribution in [0.3, 0.4) is 0 Å². The predicted octanol–water partition coefficient (Wildman–Crippen LogP) is 4.06. The Bertz CT molecular complexity index is 859. The maximum atomic E-state index is 12.4. The number of halogens is 3. The molecule has 10 heteroatoms. The lowest BCUT2D eigenvalue weighted by Crippen LogP contribution is -2.56. The number of amides is 2. The number of rotatable bonds is 5. The third-order valence-corrected chi connectivity index (χ3v) is 4.23. The van der Waals surface area contributed by atoms with E-state index in [0.717, 1.165) is 0 Å². The summed E-state index contributed by atoms with van der Waals surface area (Å²) in [5.41, 5.74) is 1.60. The average molecular weight is 460 g/mol. The number of alkyl halides is 3. The molecule has 2 amide bonds. The molecule has 148 valence electrons. The van der Waals surface area contributed by atoms with Crippen LogP contribution in [0.2, 0.25) is 0 Å². The SMILES string of the molecule is CC(=O)Nc1cccc(NC(=S)NC(NC(=O)c2ccccc2)C(Cl)(Cl)Cl)c1. The molecule has 2 aromatic carbocycles. The lowest BCUT2D eigenvalue weighted by atomic mass is 10.2. The van der Waals surface area contributed by atoms with E-state index in [4.69, 9.17) is 47.0 Å². The summed E-state index contributed by atoms with van der Waals surface area (Å²) < 4.78 is -1.87. The van der Waals surface area contributed by atoms with E-state index in [0.29, 0.717) is 16.9 Å². The Labute approximate surface area is 182 Å². The molecule has 0 bridgehead atoms. The van der Waals surface area contributed by atoms with Crippen molar-refractivity contribution in [1.29, 1.82) is 0 Å². The van der Waals surface area contributed by atoms with E-state index in [9.17, 15) is 9.59 Å². The minimum Gasteiger partial charge on any atom is -0.339 e. The zero-order valence-electron chi connectivity index (χ0n) is 14.6. The van der Waals surface area contributed by atoms with Crippen LogP contribution in [0.25, 0.3) is 0 Å². The number of hydrogen-bond donors (Lipinski definition) is 4. The minimum absolute atomic E-state index is 0.115. The zero-order chi connectivity index (χ0) is 20.7. The molecule has 0 saturated heterocycles. The van der Waals surface area contributed by atoms with Gasteiger partial charge in [0.25, 0.3) is 5.91 Å². The third-order valence-electron chi connectivity index (χ3n) is 3.35. The Morgan fingerprint density at radius 1 is 0.929 bits per heavy atom. The van der Waals surface area contributed by atoms with Crippen LogP contribution < -0.4 is 21.3 Å². The fraction of sp³-hybridized carbons (Fsp3) is 0.167. The summed E-state index contributed by atoms with van der Waals surface area (Å²) in [6, 6.07) is 15.4. The van der Waals surface area contributed by atoms with Gasteiger partial charge in [-0.1, -0.05) is 59.1 Å². The van der Waals surface area contributed by atoms with Gasteiger partial charge in [-0.05, 0) is 42.5 Å². The first kappa shape index (κ1) is 22.2. The molecule has 0 aliphatic carbocycles. The van der Waals surface area contributed by atoms with Crippen LogP contribution in [0.15, 0.2) is 54.6 Å². The van der Waals surface area contributed by atoms with Crippen molar-refractivity contribution >= 4 is 75.3 Å². The second-order valence-electron chi connectivity index (χ2n) is 5.67. The zero-order valence-corrected chi connectivity index (χ0v) is 17.7. The molecule has 0 aliphatic heterocycles. The Hall–Kier alpha value is -2.06. The van der Waals surface area contributed by atoms with Crippen LogP contribution in [0.4, 0.5) is 11.4 Å². The number of carbonyl (C=O) groups excluding carboxylic acids is 2. The average Bonchev–Trinajstić information content (AvgIpc) is 2.60. The highest BCUT2D eigenvalue weighted by molar-refractivity contribution is 7.80. The normalized spacial score (nSPS) is 11.9. The lowest BCUT2D eigenvalue weighted by molar-refractivity contribution is -0.114. The molecule has 0 fully saturated rings. The van der Waals surface area contributed by atoms with Gasteiger partial charge >= 0.3 is 0 Å². The Balaban J connectivity index is 2.05. The minimum atomic E-state index is -1.87. The van der Waals surface area contributed by atoms with Crippen molar-refractivity contribution in [2.24, 2.45) is 0 Å². The predicted molar refractivity (Wildman–Crippen MR) is 118 cm³/mol. The van der Waals surface area contributed by atoms with Crippen LogP contribution >= 0.6 is 47.0 Å². The Kier molecular flexibility index (Phi) is 7.88. The third kappa shape index (κ3) is 7.16. The monoisotopic (exact) mass is 458 g/mol. The number of hydrogen-bond acceptors (Lipinski definition) is 3. The lowest BCUT2D eigenvalue weighted by Gasteiger charge is -2.27. The highest BCUT2D eigenvalue weighted by Gasteiger charge is 2.34. The van der Waals surface area contributed by atoms with Crippen LogP contribution in [0, 0.1) is 0 Å². The van der Waals surface area contributed by atoms with Crippen LogP contribution in [-0.2, 0) is 4.79 Å². The number of benzene rings is 2. The fourth-order valence-electron chi connectivity index (χ4n) is 2.18. The highest BCUT2D eigenvalue weighted by Crippen LogP contribution is 2.29. The molecule has 28 heavy (non-hydrogen) atoms. The van der Waals surface area contributed by atoms with Gasteiger partial charge in [-0.25, -0.2) is 0 Å². The molecule has 0 aliphatic rings. The van der Waals surface area contributed by atoms with Gasteiger partial charge in [0.15, 0.2) is 5.11 Å². The van der Waals surface area contributed by atoms with Crippen molar-refractivity contribution in [3.8, 4) is 0 Å². The summed E-state index contributed by atoms with van der Waals surface area (Å²) >= 11 is 23.2. The second kappa shape index (κ2) is 9.93. The number of nitrogens with one attached hydrogen (secondary N) is 4. The molecular formula is C18H17Cl3N4O2S. The molecular weight excluding hydrogens is 443 g/mol. The van der Waals surface area contributed by atoms with Gasteiger partial charge in [0, 0.05) is 23.9 Å². The number of carbonyl (C=O) groups is 2. The van der Waals surface area contributed by atoms with Crippen molar-refractivity contribution in [2.75, 3.05) is 10.6 Å². The first-order chi connectivity index (χ1) is 13.1. The van der Waals surface area contributed by atoms with E-state index in [1.165, 1.54) is 6.92 Å². The van der Waals surface area contributed by atoms with E-state index in [2.05, 4.69) is 21.3 Å². The molecule has 0 heterocycles. The molecule has 2 rings (SSSR count). The van der Waals surface area contributed by atoms with Crippen LogP contribution in [0.1, 0.15) is 17.3 Å². The molecule has 4 N–H and O–H groups in total. The van der Waals surface area contributed by atoms with E-state index in [1.54, 1.807) is 54.6 Å². The molecule has 1 atom stereocenters. The number of thiocarbonyl (C=S) groups is 1. The van der Waals surface area contributed by atoms with Gasteiger partial charge in [0.1, 0.15) is 6.17 Å². The topological polar surface area (TPSA) is 82.3 Å². The first-order valence-corrected chi connectivity index (χ1v) is 9.57. The van der Waals surface area contributed by atoms with Gasteiger partial charge in [-0.15, -0.1) is 0 Å². The highest BCUT2D eigenvalue weighted by atomic mass is 35.6. The molecule has 2 aromatic rings. The van der Waals surface area contributed by atoms with Crippen molar-refractivity contribution in [3.63, 3.8) is 0 Å². The Morgan fingerprint density at radius 3 is 2.11 bits per heavy atom. The maximum absolute atomic E-state index is 12.4. The molecule has 1 unspecified atom stereocenters. The van der Waals surface area contributed by atoms with Gasteiger partial charge in [0.05, 0.1) is 0 Å². The van der Waals surface area contributed by atoms with Crippen molar-refractivity contribution in [2.45, 2.75) is 16.9 Å². The molecule has 0 aromatic heterocycles. The summed E-state index contributed by atoms with van der Waals surface area (Å²) in [6.45, 7) is 1.41. The van der Waals surface area contributed by atoms with Crippen molar-refractivity contribution in [3.05, 3.63) is 60.2 Å². The van der Waals surface area contributed by atoms with Gasteiger partial charge < -0.3 is 21.3 Å². The summed E-state index contributed by atoms with van der Waals surface area (Å²) in [5, 5.41) is 11.1. The van der Waals surface area contributed by atoms with Gasteiger partial charge in [0.2, 0.25) is 9.70 Å². The first-order valence-electron chi connectivity index (χ1n) is 8.03. The van der Waals surface area contributed by atoms with Crippen molar-refractivity contribution in [1.82, 2.24) is 10.6 Å². The summed E-state index contributed by atoms with van der Waals surface area (Å²) in [6.07, 6.45) is -1.09. The van der Waals surface area contributed by atoms with Crippen LogP contribution in [-0.4, -0.2) is 26.9 Å². The maximum Gasteiger partial charge on any atom is 0.252 e. The van der Waals surface area contributed by atoms with Crippen molar-refractivity contribution < 1.29 is 9.59 Å². The Morgan fingerprint density at radius 2 is 1.54 bits per heavy atom. The second-order valence-corrected chi connectivity index (χ2v) is 8.45. The van der Waals surface area contributed by atoms with Gasteiger partial charge in [-0.3, -0.25) is 9.59 Å². The molecule has 6 nitrogen and oxygen atoms in total.